The summed E-state index contributed by atoms with van der Waals surface area (Å²) >= 11 is 0. The third-order valence-corrected chi connectivity index (χ3v) is 7.65. The average molecular weight is 483 g/mol. The summed E-state index contributed by atoms with van der Waals surface area (Å²) in [4.78, 5) is 58.0. The minimum absolute atomic E-state index is 0.0122. The average Bonchev–Trinajstić information content (AvgIpc) is 3.56. The zero-order valence-electron chi connectivity index (χ0n) is 21.3. The molecule has 1 N–H and O–H groups in total. The van der Waals surface area contributed by atoms with Crippen molar-refractivity contribution in [3.8, 4) is 0 Å². The van der Waals surface area contributed by atoms with Crippen molar-refractivity contribution >= 4 is 29.2 Å². The Hall–Kier alpha value is -2.90. The van der Waals surface area contributed by atoms with Gasteiger partial charge in [0.1, 0.15) is 12.1 Å². The first-order chi connectivity index (χ1) is 16.7. The van der Waals surface area contributed by atoms with E-state index in [-0.39, 0.29) is 47.9 Å². The Kier molecular flexibility index (Phi) is 7.47. The number of carbonyl (C=O) groups excluding carboxylic acids is 4. The van der Waals surface area contributed by atoms with E-state index in [2.05, 4.69) is 5.32 Å². The van der Waals surface area contributed by atoms with Gasteiger partial charge in [-0.3, -0.25) is 19.2 Å². The van der Waals surface area contributed by atoms with Crippen LogP contribution >= 0.6 is 0 Å². The van der Waals surface area contributed by atoms with Crippen LogP contribution in [0.2, 0.25) is 0 Å². The van der Waals surface area contributed by atoms with E-state index in [4.69, 9.17) is 0 Å². The lowest BCUT2D eigenvalue weighted by Gasteiger charge is -2.29. The minimum Gasteiger partial charge on any atom is -0.378 e. The van der Waals surface area contributed by atoms with Crippen LogP contribution in [0.15, 0.2) is 24.3 Å². The molecule has 1 aromatic rings. The zero-order chi connectivity index (χ0) is 25.3. The Balaban J connectivity index is 1.47. The number of hydrogen-bond acceptors (Lipinski definition) is 5. The number of nitrogens with zero attached hydrogens (tertiary/aromatic N) is 3. The number of hydrogen-bond donors (Lipinski definition) is 1. The van der Waals surface area contributed by atoms with Gasteiger partial charge in [-0.1, -0.05) is 26.7 Å². The summed E-state index contributed by atoms with van der Waals surface area (Å²) in [7, 11) is 3.87. The topological polar surface area (TPSA) is 90.0 Å². The highest BCUT2D eigenvalue weighted by Crippen LogP contribution is 2.34. The van der Waals surface area contributed by atoms with Gasteiger partial charge in [0.25, 0.3) is 5.91 Å². The number of likely N-dealkylation sites (tertiary alicyclic amines) is 2. The van der Waals surface area contributed by atoms with E-state index in [0.717, 1.165) is 31.4 Å². The molecule has 1 aliphatic carbocycles. The summed E-state index contributed by atoms with van der Waals surface area (Å²) < 4.78 is 0. The molecule has 0 bridgehead atoms. The fourth-order valence-corrected chi connectivity index (χ4v) is 5.81. The first kappa shape index (κ1) is 25.2. The van der Waals surface area contributed by atoms with Gasteiger partial charge in [0.15, 0.2) is 5.78 Å². The van der Waals surface area contributed by atoms with Gasteiger partial charge in [-0.25, -0.2) is 0 Å². The van der Waals surface area contributed by atoms with Crippen molar-refractivity contribution in [1.82, 2.24) is 15.1 Å². The highest BCUT2D eigenvalue weighted by molar-refractivity contribution is 6.01. The minimum atomic E-state index is -0.720. The highest BCUT2D eigenvalue weighted by Gasteiger charge is 2.53. The van der Waals surface area contributed by atoms with E-state index in [1.165, 1.54) is 0 Å². The van der Waals surface area contributed by atoms with Crippen LogP contribution in [0.1, 0.15) is 62.7 Å². The summed E-state index contributed by atoms with van der Waals surface area (Å²) in [6.07, 6.45) is 4.99. The zero-order valence-corrected chi connectivity index (χ0v) is 21.3. The van der Waals surface area contributed by atoms with Gasteiger partial charge in [-0.2, -0.15) is 0 Å². The van der Waals surface area contributed by atoms with Crippen molar-refractivity contribution in [1.29, 1.82) is 0 Å². The van der Waals surface area contributed by atoms with E-state index in [1.54, 1.807) is 21.9 Å². The van der Waals surface area contributed by atoms with Gasteiger partial charge in [0.05, 0.1) is 12.6 Å². The van der Waals surface area contributed by atoms with Crippen LogP contribution in [0.25, 0.3) is 0 Å². The second-order valence-corrected chi connectivity index (χ2v) is 10.8. The van der Waals surface area contributed by atoms with Crippen molar-refractivity contribution < 1.29 is 19.2 Å². The van der Waals surface area contributed by atoms with Crippen molar-refractivity contribution in [2.75, 3.05) is 32.1 Å². The number of ketones is 1. The number of carbonyl (C=O) groups is 4. The molecule has 190 valence electrons. The van der Waals surface area contributed by atoms with E-state index in [9.17, 15) is 19.2 Å². The maximum absolute atomic E-state index is 13.7. The standard InChI is InChI=1S/C27H38N4O4/c1-17(2)15-21(28-25(33)18-9-11-20(12-10-18)29(3)4)27(35)30-14-13-22-24(30)23(32)16-31(22)26(34)19-7-5-6-8-19/h9-12,17,19,21-22,24H,5-8,13-16H2,1-4H3,(H,28,33)/t21-,22+,24-/m0/s1. The first-order valence-corrected chi connectivity index (χ1v) is 12.9. The largest absolute Gasteiger partial charge is 0.378 e. The predicted molar refractivity (Wildman–Crippen MR) is 134 cm³/mol. The normalized spacial score (nSPS) is 23.1. The number of Topliss-reactive ketones (excluding diaryl/α,β-unsaturated/α-hetero) is 1. The molecule has 0 spiro atoms. The van der Waals surface area contributed by atoms with Gasteiger partial charge >= 0.3 is 0 Å². The number of benzene rings is 1. The predicted octanol–water partition coefficient (Wildman–Crippen LogP) is 2.47. The number of fused-ring (bicyclic) bond motifs is 1. The van der Waals surface area contributed by atoms with Crippen LogP contribution in [-0.4, -0.2) is 78.6 Å². The van der Waals surface area contributed by atoms with Crippen LogP contribution in [-0.2, 0) is 14.4 Å². The molecule has 2 aliphatic heterocycles. The summed E-state index contributed by atoms with van der Waals surface area (Å²) in [5.41, 5.74) is 1.47. The van der Waals surface area contributed by atoms with Gasteiger partial charge in [0, 0.05) is 37.8 Å². The lowest BCUT2D eigenvalue weighted by atomic mass is 10.0. The summed E-state index contributed by atoms with van der Waals surface area (Å²) in [6.45, 7) is 4.53. The van der Waals surface area contributed by atoms with Crippen LogP contribution in [0.3, 0.4) is 0 Å². The second-order valence-electron chi connectivity index (χ2n) is 10.8. The quantitative estimate of drug-likeness (QED) is 0.645. The molecule has 3 atom stereocenters. The Labute approximate surface area is 208 Å². The summed E-state index contributed by atoms with van der Waals surface area (Å²) in [5, 5.41) is 2.93. The van der Waals surface area contributed by atoms with E-state index in [0.29, 0.717) is 24.9 Å². The molecule has 2 saturated heterocycles. The van der Waals surface area contributed by atoms with Crippen molar-refractivity contribution in [2.45, 2.75) is 70.5 Å². The monoisotopic (exact) mass is 482 g/mol. The molecule has 2 heterocycles. The number of amides is 3. The van der Waals surface area contributed by atoms with Crippen LogP contribution < -0.4 is 10.2 Å². The molecule has 35 heavy (non-hydrogen) atoms. The fraction of sp³-hybridized carbons (Fsp3) is 0.630. The number of anilines is 1. The van der Waals surface area contributed by atoms with E-state index < -0.39 is 12.1 Å². The molecule has 3 fully saturated rings. The number of nitrogens with one attached hydrogen (secondary N) is 1. The maximum Gasteiger partial charge on any atom is 0.251 e. The maximum atomic E-state index is 13.7. The lowest BCUT2D eigenvalue weighted by Crippen LogP contribution is -2.53. The van der Waals surface area contributed by atoms with Gasteiger partial charge < -0.3 is 20.0 Å². The van der Waals surface area contributed by atoms with E-state index >= 15 is 0 Å². The molecule has 1 saturated carbocycles. The van der Waals surface area contributed by atoms with Crippen LogP contribution in [0.5, 0.6) is 0 Å². The molecule has 0 radical (unpaired) electrons. The summed E-state index contributed by atoms with van der Waals surface area (Å²) in [5.74, 6) is -0.336. The second kappa shape index (κ2) is 10.4. The van der Waals surface area contributed by atoms with Crippen molar-refractivity contribution in [2.24, 2.45) is 11.8 Å². The number of rotatable bonds is 7. The van der Waals surface area contributed by atoms with Crippen molar-refractivity contribution in [3.63, 3.8) is 0 Å². The fourth-order valence-electron chi connectivity index (χ4n) is 5.81. The van der Waals surface area contributed by atoms with Crippen molar-refractivity contribution in [3.05, 3.63) is 29.8 Å². The lowest BCUT2D eigenvalue weighted by molar-refractivity contribution is -0.138. The Bertz CT molecular complexity index is 968. The molecule has 1 aromatic carbocycles. The molecular formula is C27H38N4O4. The third-order valence-electron chi connectivity index (χ3n) is 7.65. The summed E-state index contributed by atoms with van der Waals surface area (Å²) in [6, 6.07) is 5.68. The van der Waals surface area contributed by atoms with Crippen LogP contribution in [0, 0.1) is 11.8 Å². The third kappa shape index (κ3) is 5.21. The molecular weight excluding hydrogens is 444 g/mol. The molecule has 0 aromatic heterocycles. The van der Waals surface area contributed by atoms with Crippen LogP contribution in [0.4, 0.5) is 5.69 Å². The SMILES string of the molecule is CC(C)C[C@H](NC(=O)c1ccc(N(C)C)cc1)C(=O)N1CC[C@@H]2[C@H]1C(=O)CN2C(=O)C1CCCC1. The van der Waals surface area contributed by atoms with Gasteiger partial charge in [0.2, 0.25) is 11.8 Å². The Morgan fingerprint density at radius 1 is 1.03 bits per heavy atom. The van der Waals surface area contributed by atoms with Gasteiger partial charge in [-0.05, 0) is 55.9 Å². The smallest absolute Gasteiger partial charge is 0.251 e. The first-order valence-electron chi connectivity index (χ1n) is 12.9. The molecule has 3 aliphatic rings. The molecule has 0 unspecified atom stereocenters. The van der Waals surface area contributed by atoms with Gasteiger partial charge in [-0.15, -0.1) is 0 Å². The van der Waals surface area contributed by atoms with E-state index in [1.807, 2.05) is 45.0 Å². The molecule has 3 amide bonds. The highest BCUT2D eigenvalue weighted by atomic mass is 16.2. The molecule has 4 rings (SSSR count). The molecule has 8 nitrogen and oxygen atoms in total. The Morgan fingerprint density at radius 3 is 2.29 bits per heavy atom. The Morgan fingerprint density at radius 2 is 1.69 bits per heavy atom. The molecule has 8 heteroatoms.